The van der Waals surface area contributed by atoms with Crippen LogP contribution in [-0.4, -0.2) is 172 Å². The summed E-state index contributed by atoms with van der Waals surface area (Å²) in [5.74, 6) is -0.358. The highest BCUT2D eigenvalue weighted by Crippen LogP contribution is 2.40. The lowest BCUT2D eigenvalue weighted by molar-refractivity contribution is -0.118. The van der Waals surface area contributed by atoms with E-state index in [0.29, 0.717) is 115 Å². The summed E-state index contributed by atoms with van der Waals surface area (Å²) in [5.41, 5.74) is 13.8. The summed E-state index contributed by atoms with van der Waals surface area (Å²) in [7, 11) is 0. The number of carbonyl (C=O) groups is 5. The summed E-state index contributed by atoms with van der Waals surface area (Å²) in [6, 6.07) is 64.6. The molecule has 4 aliphatic rings. The minimum Gasteiger partial charge on any atom is -0.485 e. The van der Waals surface area contributed by atoms with Crippen molar-refractivity contribution in [1.29, 1.82) is 0 Å². The molecule has 4 unspecified atom stereocenters. The zero-order valence-corrected chi connectivity index (χ0v) is 66.3. The van der Waals surface area contributed by atoms with Crippen LogP contribution in [0, 0.1) is 0 Å². The van der Waals surface area contributed by atoms with E-state index in [9.17, 15) is 9.90 Å². The van der Waals surface area contributed by atoms with Gasteiger partial charge in [0.15, 0.2) is 34.5 Å². The van der Waals surface area contributed by atoms with E-state index in [1.807, 2.05) is 209 Å². The van der Waals surface area contributed by atoms with E-state index in [4.69, 9.17) is 38.9 Å². The molecule has 4 atom stereocenters. The van der Waals surface area contributed by atoms with Crippen LogP contribution >= 0.6 is 0 Å². The molecule has 5 amide bonds. The number of ether oxygens (including phenoxy) is 7. The van der Waals surface area contributed by atoms with Gasteiger partial charge in [0.1, 0.15) is 51.5 Å². The van der Waals surface area contributed by atoms with Crippen LogP contribution in [0.5, 0.6) is 23.0 Å². The van der Waals surface area contributed by atoms with Crippen molar-refractivity contribution in [3.8, 4) is 23.0 Å². The Morgan fingerprint density at radius 2 is 0.843 bits per heavy atom. The van der Waals surface area contributed by atoms with Gasteiger partial charge in [-0.2, -0.15) is 0 Å². The second-order valence-electron chi connectivity index (χ2n) is 29.8. The van der Waals surface area contributed by atoms with Gasteiger partial charge >= 0.3 is 6.09 Å². The fraction of sp³-hybridized carbons (Fsp3) is 0.374. The molecule has 0 aromatic heterocycles. The number of carbonyl (C=O) groups excluding carboxylic acids is 5. The molecule has 0 fully saturated rings. The van der Waals surface area contributed by atoms with Gasteiger partial charge in [0.2, 0.25) is 0 Å². The van der Waals surface area contributed by atoms with Crippen molar-refractivity contribution in [1.82, 2.24) is 51.9 Å². The molecule has 8 bridgehead atoms. The van der Waals surface area contributed by atoms with E-state index in [1.54, 1.807) is 18.2 Å². The van der Waals surface area contributed by atoms with Crippen LogP contribution in [-0.2, 0) is 65.2 Å². The second kappa shape index (κ2) is 44.5. The molecule has 3 heterocycles. The Kier molecular flexibility index (Phi) is 32.8. The summed E-state index contributed by atoms with van der Waals surface area (Å²) in [6.07, 6.45) is 0.667. The van der Waals surface area contributed by atoms with Gasteiger partial charge in [-0.1, -0.05) is 194 Å². The van der Waals surface area contributed by atoms with E-state index in [2.05, 4.69) is 51.9 Å². The third kappa shape index (κ3) is 27.0. The molecule has 115 heavy (non-hydrogen) atoms. The van der Waals surface area contributed by atoms with E-state index in [0.717, 1.165) is 38.9 Å². The smallest absolute Gasteiger partial charge is 0.407 e. The lowest BCUT2D eigenvalue weighted by Gasteiger charge is -2.30. The standard InChI is InChI=1S/C91H111N11O13/c1-91(2,3)115-90(108)99-43-23-22-36-73(92)59-102-55-49-98-89(107)78-42-41-76(82(112-63-69-30-16-7-17-31-69)84(78)114-65-71-34-20-9-21-35-71)87(105)95-46-52-100-50-44-93-58-72-37-38-74(80(110-61-67-26-12-5-13-27-67)79(72)109-60-66-24-10-4-11-25-66)85(103)96-47-53-101(56-57-102)54-48-97-88(106)77-40-39-75(86(104)94-45-51-100)81(111-62-68-28-14-6-15-29-68)83(77)113-64-70-32-18-8-19-33-70/h4-21,24-35,37-38,41-42,73,86,93-94,104H,22-23,36,39-40,43-65,92H2,1-3H3,(H,95,105)(H,96,103)(H,97,106)(H,98,107)(H,99,108). The number of amides is 5. The van der Waals surface area contributed by atoms with Crippen molar-refractivity contribution >= 4 is 29.7 Å². The first-order chi connectivity index (χ1) is 56.1. The van der Waals surface area contributed by atoms with Gasteiger partial charge in [-0.15, -0.1) is 0 Å². The Hall–Kier alpha value is -11.1. The molecule has 12 rings (SSSR count). The fourth-order valence-electron chi connectivity index (χ4n) is 13.7. The van der Waals surface area contributed by atoms with Gasteiger partial charge in [0, 0.05) is 128 Å². The molecule has 608 valence electrons. The SMILES string of the molecule is CC(C)(C)OC(=O)NCCCCC(N)CN1CCNC(=O)c2ccc(c(OCc3ccccc3)c2OCc2ccccc2)C(=O)NCCN2CCNCc3ccc(c(OCc4ccccc4)c3OCc3ccccc3)C(=O)NCCN(CCNC(=O)C3=C(OCc4ccccc4)C(OCc4ccccc4)=C(CC3)C(O)NCC2)CC1. The third-order valence-electron chi connectivity index (χ3n) is 19.9. The van der Waals surface area contributed by atoms with Crippen LogP contribution in [0.4, 0.5) is 4.79 Å². The number of nitrogens with zero attached hydrogens (tertiary/aromatic N) is 3. The first-order valence-electron chi connectivity index (χ1n) is 40.0. The first-order valence-corrected chi connectivity index (χ1v) is 40.0. The molecule has 8 aromatic rings. The molecule has 24 heteroatoms. The van der Waals surface area contributed by atoms with Crippen molar-refractivity contribution in [2.75, 3.05) is 105 Å². The minimum atomic E-state index is -1.26. The third-order valence-corrected chi connectivity index (χ3v) is 19.9. The van der Waals surface area contributed by atoms with Crippen LogP contribution in [0.15, 0.2) is 229 Å². The van der Waals surface area contributed by atoms with Crippen molar-refractivity contribution in [2.24, 2.45) is 5.73 Å². The van der Waals surface area contributed by atoms with Gasteiger partial charge in [-0.05, 0) is 98.0 Å². The maximum Gasteiger partial charge on any atom is 0.407 e. The number of unbranched alkanes of at least 4 members (excludes halogenated alkanes) is 1. The number of benzene rings is 8. The summed E-state index contributed by atoms with van der Waals surface area (Å²) in [5, 5.41) is 35.4. The number of hydrogen-bond donors (Lipinski definition) is 9. The fourth-order valence-corrected chi connectivity index (χ4v) is 13.7. The van der Waals surface area contributed by atoms with Crippen LogP contribution in [0.25, 0.3) is 0 Å². The summed E-state index contributed by atoms with van der Waals surface area (Å²) >= 11 is 0. The average Bonchev–Trinajstić information content (AvgIpc) is 0.804. The topological polar surface area (TPSA) is 290 Å². The van der Waals surface area contributed by atoms with Gasteiger partial charge < -0.3 is 75.9 Å². The van der Waals surface area contributed by atoms with Crippen molar-refractivity contribution in [3.63, 3.8) is 0 Å². The highest BCUT2D eigenvalue weighted by Gasteiger charge is 2.34. The van der Waals surface area contributed by atoms with Crippen molar-refractivity contribution < 1.29 is 62.2 Å². The van der Waals surface area contributed by atoms with Crippen LogP contribution < -0.4 is 61.9 Å². The number of rotatable bonds is 25. The van der Waals surface area contributed by atoms with Crippen molar-refractivity contribution in [3.05, 3.63) is 285 Å². The predicted octanol–water partition coefficient (Wildman–Crippen LogP) is 10.7. The zero-order valence-electron chi connectivity index (χ0n) is 66.3. The van der Waals surface area contributed by atoms with Crippen molar-refractivity contribution in [2.45, 2.75) is 117 Å². The Labute approximate surface area is 675 Å². The monoisotopic (exact) mass is 1570 g/mol. The van der Waals surface area contributed by atoms with E-state index < -0.39 is 29.7 Å². The Bertz CT molecular complexity index is 4460. The molecule has 24 nitrogen and oxygen atoms in total. The minimum absolute atomic E-state index is 0.0442. The van der Waals surface area contributed by atoms with Crippen LogP contribution in [0.2, 0.25) is 0 Å². The van der Waals surface area contributed by atoms with Gasteiger partial charge in [-0.3, -0.25) is 39.2 Å². The largest absolute Gasteiger partial charge is 0.485 e. The van der Waals surface area contributed by atoms with Crippen LogP contribution in [0.1, 0.15) is 123 Å². The highest BCUT2D eigenvalue weighted by molar-refractivity contribution is 6.03. The molecule has 0 saturated carbocycles. The van der Waals surface area contributed by atoms with E-state index in [-0.39, 0.29) is 149 Å². The quantitative estimate of drug-likeness (QED) is 0.0240. The number of fused-ring (bicyclic) bond motifs is 21. The highest BCUT2D eigenvalue weighted by atomic mass is 16.6. The Morgan fingerprint density at radius 1 is 0.452 bits per heavy atom. The first kappa shape index (κ1) is 84.8. The Morgan fingerprint density at radius 3 is 1.31 bits per heavy atom. The summed E-state index contributed by atoms with van der Waals surface area (Å²) in [6.45, 7) is 11.4. The molecular weight excluding hydrogens is 1460 g/mol. The lowest BCUT2D eigenvalue weighted by Crippen LogP contribution is -2.47. The molecule has 0 saturated heterocycles. The number of aliphatic hydroxyl groups excluding tert-OH is 1. The number of hydrogen-bond acceptors (Lipinski definition) is 19. The molecule has 10 N–H and O–H groups in total. The summed E-state index contributed by atoms with van der Waals surface area (Å²) < 4.78 is 46.1. The second-order valence-corrected chi connectivity index (χ2v) is 29.8. The molecule has 3 aliphatic heterocycles. The summed E-state index contributed by atoms with van der Waals surface area (Å²) in [4.78, 5) is 79.7. The lowest BCUT2D eigenvalue weighted by atomic mass is 9.93. The van der Waals surface area contributed by atoms with Gasteiger partial charge in [0.25, 0.3) is 23.6 Å². The molecule has 0 radical (unpaired) electrons. The number of nitrogens with two attached hydrogens (primary N) is 1. The maximum absolute atomic E-state index is 15.2. The number of aliphatic hydroxyl groups is 1. The average molecular weight is 1570 g/mol. The number of alkyl carbamates (subject to hydrolysis) is 1. The molecular formula is C91H111N11O13. The Balaban J connectivity index is 0.992. The molecule has 0 spiro atoms. The van der Waals surface area contributed by atoms with E-state index >= 15 is 19.2 Å². The normalized spacial score (nSPS) is 17.8. The van der Waals surface area contributed by atoms with E-state index in [1.165, 1.54) is 0 Å². The van der Waals surface area contributed by atoms with Crippen LogP contribution in [0.3, 0.4) is 0 Å². The zero-order chi connectivity index (χ0) is 80.4. The van der Waals surface area contributed by atoms with Gasteiger partial charge in [0.05, 0.1) is 22.3 Å². The van der Waals surface area contributed by atoms with Gasteiger partial charge in [-0.25, -0.2) is 4.79 Å². The maximum atomic E-state index is 15.2. The molecule has 8 aromatic carbocycles. The number of nitrogens with one attached hydrogen (secondary N) is 7. The molecule has 1 aliphatic carbocycles. The predicted molar refractivity (Wildman–Crippen MR) is 443 cm³/mol.